The number of benzene rings is 1. The molecule has 1 aliphatic heterocycles. The first-order valence-corrected chi connectivity index (χ1v) is 11.0. The number of anilines is 1. The minimum absolute atomic E-state index is 0.0190. The summed E-state index contributed by atoms with van der Waals surface area (Å²) in [5.41, 5.74) is 1.59. The number of halogens is 5. The van der Waals surface area contributed by atoms with E-state index in [0.717, 1.165) is 17.7 Å². The summed E-state index contributed by atoms with van der Waals surface area (Å²) in [4.78, 5) is 22.2. The van der Waals surface area contributed by atoms with Crippen molar-refractivity contribution in [3.63, 3.8) is 0 Å². The van der Waals surface area contributed by atoms with E-state index in [0.29, 0.717) is 35.1 Å². The molecule has 0 unspecified atom stereocenters. The lowest BCUT2D eigenvalue weighted by molar-refractivity contribution is -0.141. The SMILES string of the molecule is O=C(Nc1cccc(C(F)(F)F)n1)c1n[nH]c2ccc(-c3cncc(CN4CCC(F)(F)C4)c3)cc12. The van der Waals surface area contributed by atoms with Gasteiger partial charge in [0.15, 0.2) is 5.69 Å². The van der Waals surface area contributed by atoms with E-state index < -0.39 is 23.7 Å². The van der Waals surface area contributed by atoms with E-state index in [1.807, 2.05) is 6.07 Å². The minimum Gasteiger partial charge on any atom is -0.305 e. The van der Waals surface area contributed by atoms with Crippen molar-refractivity contribution < 1.29 is 26.7 Å². The number of nitrogens with one attached hydrogen (secondary N) is 2. The van der Waals surface area contributed by atoms with Crippen LogP contribution in [0, 0.1) is 0 Å². The number of carbonyl (C=O) groups excluding carboxylic acids is 1. The van der Waals surface area contributed by atoms with Gasteiger partial charge in [-0.3, -0.25) is 19.8 Å². The monoisotopic (exact) mass is 502 g/mol. The van der Waals surface area contributed by atoms with Crippen LogP contribution in [-0.2, 0) is 12.7 Å². The Morgan fingerprint density at radius 3 is 2.69 bits per heavy atom. The average Bonchev–Trinajstić information content (AvgIpc) is 3.41. The molecular formula is C24H19F5N6O. The van der Waals surface area contributed by atoms with Gasteiger partial charge in [-0.2, -0.15) is 18.3 Å². The zero-order valence-electron chi connectivity index (χ0n) is 18.6. The number of hydrogen-bond acceptors (Lipinski definition) is 5. The van der Waals surface area contributed by atoms with E-state index in [2.05, 4.69) is 25.5 Å². The Morgan fingerprint density at radius 1 is 1.11 bits per heavy atom. The number of H-pyrrole nitrogens is 1. The van der Waals surface area contributed by atoms with Gasteiger partial charge >= 0.3 is 6.18 Å². The number of hydrogen-bond donors (Lipinski definition) is 2. The number of nitrogens with zero attached hydrogens (tertiary/aromatic N) is 4. The molecule has 0 saturated carbocycles. The van der Waals surface area contributed by atoms with Crippen LogP contribution in [0.1, 0.15) is 28.2 Å². The zero-order chi connectivity index (χ0) is 25.5. The van der Waals surface area contributed by atoms with Crippen molar-refractivity contribution in [3.05, 3.63) is 71.8 Å². The van der Waals surface area contributed by atoms with Gasteiger partial charge in [0.25, 0.3) is 11.8 Å². The van der Waals surface area contributed by atoms with E-state index in [1.54, 1.807) is 35.5 Å². The smallest absolute Gasteiger partial charge is 0.305 e. The predicted octanol–water partition coefficient (Wildman–Crippen LogP) is 5.13. The summed E-state index contributed by atoms with van der Waals surface area (Å²) in [6, 6.07) is 10.3. The van der Waals surface area contributed by atoms with Gasteiger partial charge in [-0.05, 0) is 41.5 Å². The summed E-state index contributed by atoms with van der Waals surface area (Å²) in [7, 11) is 0. The molecule has 36 heavy (non-hydrogen) atoms. The Bertz CT molecular complexity index is 1430. The lowest BCUT2D eigenvalue weighted by atomic mass is 10.0. The molecule has 1 aliphatic rings. The number of amides is 1. The second-order valence-corrected chi connectivity index (χ2v) is 8.59. The third-order valence-corrected chi connectivity index (χ3v) is 5.84. The second kappa shape index (κ2) is 8.94. The highest BCUT2D eigenvalue weighted by molar-refractivity contribution is 6.11. The van der Waals surface area contributed by atoms with Crippen LogP contribution in [0.3, 0.4) is 0 Å². The second-order valence-electron chi connectivity index (χ2n) is 8.59. The van der Waals surface area contributed by atoms with Gasteiger partial charge in [0, 0.05) is 42.9 Å². The highest BCUT2D eigenvalue weighted by Crippen LogP contribution is 2.30. The van der Waals surface area contributed by atoms with Gasteiger partial charge in [-0.25, -0.2) is 13.8 Å². The van der Waals surface area contributed by atoms with E-state index in [9.17, 15) is 26.7 Å². The highest BCUT2D eigenvalue weighted by atomic mass is 19.4. The topological polar surface area (TPSA) is 86.8 Å². The Morgan fingerprint density at radius 2 is 1.94 bits per heavy atom. The number of rotatable bonds is 5. The number of aromatic amines is 1. The molecule has 5 rings (SSSR count). The van der Waals surface area contributed by atoms with Crippen molar-refractivity contribution in [2.45, 2.75) is 25.1 Å². The molecular weight excluding hydrogens is 483 g/mol. The summed E-state index contributed by atoms with van der Waals surface area (Å²) in [6.45, 7) is 0.344. The van der Waals surface area contributed by atoms with Crippen LogP contribution in [0.2, 0.25) is 0 Å². The number of carbonyl (C=O) groups is 1. The normalized spacial score (nSPS) is 15.9. The van der Waals surface area contributed by atoms with Gasteiger partial charge < -0.3 is 5.32 Å². The van der Waals surface area contributed by atoms with Crippen molar-refractivity contribution in [2.24, 2.45) is 0 Å². The molecule has 1 saturated heterocycles. The zero-order valence-corrected chi connectivity index (χ0v) is 18.6. The maximum Gasteiger partial charge on any atom is 0.433 e. The van der Waals surface area contributed by atoms with Gasteiger partial charge in [-0.1, -0.05) is 12.1 Å². The van der Waals surface area contributed by atoms with Gasteiger partial charge in [0.05, 0.1) is 12.1 Å². The van der Waals surface area contributed by atoms with Crippen LogP contribution >= 0.6 is 0 Å². The molecule has 0 spiro atoms. The van der Waals surface area contributed by atoms with E-state index in [4.69, 9.17) is 0 Å². The fourth-order valence-corrected chi connectivity index (χ4v) is 4.14. The summed E-state index contributed by atoms with van der Waals surface area (Å²) < 4.78 is 65.8. The number of likely N-dealkylation sites (tertiary alicyclic amines) is 1. The van der Waals surface area contributed by atoms with Crippen LogP contribution in [0.25, 0.3) is 22.0 Å². The van der Waals surface area contributed by atoms with Crippen LogP contribution < -0.4 is 5.32 Å². The van der Waals surface area contributed by atoms with Crippen LogP contribution in [0.15, 0.2) is 54.9 Å². The van der Waals surface area contributed by atoms with E-state index >= 15 is 0 Å². The van der Waals surface area contributed by atoms with Gasteiger partial charge in [0.2, 0.25) is 0 Å². The van der Waals surface area contributed by atoms with E-state index in [-0.39, 0.29) is 24.5 Å². The molecule has 0 aliphatic carbocycles. The van der Waals surface area contributed by atoms with Crippen molar-refractivity contribution in [2.75, 3.05) is 18.4 Å². The maximum absolute atomic E-state index is 13.5. The lowest BCUT2D eigenvalue weighted by Gasteiger charge is -2.15. The predicted molar refractivity (Wildman–Crippen MR) is 121 cm³/mol. The number of pyridine rings is 2. The Hall–Kier alpha value is -3.93. The van der Waals surface area contributed by atoms with Crippen LogP contribution in [-0.4, -0.2) is 50.0 Å². The Labute approximate surface area is 201 Å². The van der Waals surface area contributed by atoms with Crippen molar-refractivity contribution in [1.29, 1.82) is 0 Å². The quantitative estimate of drug-likeness (QED) is 0.370. The molecule has 0 atom stereocenters. The minimum atomic E-state index is -4.65. The first kappa shape index (κ1) is 23.8. The lowest BCUT2D eigenvalue weighted by Crippen LogP contribution is -2.24. The summed E-state index contributed by atoms with van der Waals surface area (Å²) in [5.74, 6) is -3.67. The van der Waals surface area contributed by atoms with E-state index in [1.165, 1.54) is 6.07 Å². The molecule has 12 heteroatoms. The highest BCUT2D eigenvalue weighted by Gasteiger charge is 2.38. The fourth-order valence-electron chi connectivity index (χ4n) is 4.14. The molecule has 7 nitrogen and oxygen atoms in total. The van der Waals surface area contributed by atoms with Crippen LogP contribution in [0.5, 0.6) is 0 Å². The summed E-state index contributed by atoms with van der Waals surface area (Å²) in [5, 5.41) is 9.55. The third-order valence-electron chi connectivity index (χ3n) is 5.84. The fraction of sp³-hybridized carbons (Fsp3) is 0.250. The molecule has 2 N–H and O–H groups in total. The van der Waals surface area contributed by atoms with Crippen molar-refractivity contribution in [1.82, 2.24) is 25.1 Å². The Kier molecular flexibility index (Phi) is 5.91. The molecule has 1 aromatic carbocycles. The molecule has 1 amide bonds. The van der Waals surface area contributed by atoms with Crippen molar-refractivity contribution >= 4 is 22.6 Å². The first-order valence-electron chi connectivity index (χ1n) is 11.0. The molecule has 3 aromatic heterocycles. The maximum atomic E-state index is 13.5. The summed E-state index contributed by atoms with van der Waals surface area (Å²) >= 11 is 0. The molecule has 4 aromatic rings. The number of fused-ring (bicyclic) bond motifs is 1. The third kappa shape index (κ3) is 5.03. The summed E-state index contributed by atoms with van der Waals surface area (Å²) in [6.07, 6.45) is -1.57. The molecule has 1 fully saturated rings. The number of aromatic nitrogens is 4. The van der Waals surface area contributed by atoms with Crippen molar-refractivity contribution in [3.8, 4) is 11.1 Å². The first-order chi connectivity index (χ1) is 17.1. The molecule has 4 heterocycles. The Balaban J connectivity index is 1.39. The largest absolute Gasteiger partial charge is 0.433 e. The number of alkyl halides is 5. The molecule has 0 radical (unpaired) electrons. The molecule has 186 valence electrons. The van der Waals surface area contributed by atoms with Gasteiger partial charge in [-0.15, -0.1) is 0 Å². The van der Waals surface area contributed by atoms with Gasteiger partial charge in [0.1, 0.15) is 11.5 Å². The standard InChI is InChI=1S/C24H19F5N6O/c25-23(26)6-7-35(13-23)12-14-8-16(11-30-10-14)15-4-5-18-17(9-15)21(34-33-18)22(36)32-20-3-1-2-19(31-20)24(27,28)29/h1-5,8-11H,6-7,12-13H2,(H,33,34)(H,31,32,36). The van der Waals surface area contributed by atoms with Crippen LogP contribution in [0.4, 0.5) is 27.8 Å². The average molecular weight is 502 g/mol. The molecule has 0 bridgehead atoms.